The quantitative estimate of drug-likeness (QED) is 0.822. The van der Waals surface area contributed by atoms with E-state index in [1.165, 1.54) is 5.69 Å². The first kappa shape index (κ1) is 17.7. The molecule has 0 amide bonds. The topological polar surface area (TPSA) is 52.9 Å². The number of ether oxygens (including phenoxy) is 1. The average molecular weight is 339 g/mol. The van der Waals surface area contributed by atoms with Crippen LogP contribution in [0.15, 0.2) is 48.5 Å². The zero-order valence-electron chi connectivity index (χ0n) is 14.7. The Balaban J connectivity index is 1.64. The summed E-state index contributed by atoms with van der Waals surface area (Å²) >= 11 is 0. The van der Waals surface area contributed by atoms with Crippen LogP contribution in [-0.2, 0) is 4.74 Å². The molecule has 4 nitrogen and oxygen atoms in total. The molecule has 3 rings (SSSR count). The fourth-order valence-electron chi connectivity index (χ4n) is 3.01. The van der Waals surface area contributed by atoms with Gasteiger partial charge in [0, 0.05) is 26.2 Å². The highest BCUT2D eigenvalue weighted by Gasteiger charge is 2.33. The zero-order chi connectivity index (χ0) is 17.8. The van der Waals surface area contributed by atoms with Crippen molar-refractivity contribution in [2.75, 3.05) is 25.6 Å². The normalized spacial score (nSPS) is 23.3. The molecular weight excluding hydrogens is 314 g/mol. The molecule has 0 unspecified atom stereocenters. The number of nitrogens with zero attached hydrogens (tertiary/aromatic N) is 1. The summed E-state index contributed by atoms with van der Waals surface area (Å²) in [6.07, 6.45) is 3.47. The van der Waals surface area contributed by atoms with Crippen LogP contribution in [0, 0.1) is 0 Å². The molecule has 1 aliphatic heterocycles. The van der Waals surface area contributed by atoms with E-state index in [4.69, 9.17) is 4.74 Å². The Kier molecular flexibility index (Phi) is 5.53. The van der Waals surface area contributed by atoms with Crippen molar-refractivity contribution in [2.24, 2.45) is 0 Å². The van der Waals surface area contributed by atoms with E-state index in [2.05, 4.69) is 41.3 Å². The highest BCUT2D eigenvalue weighted by molar-refractivity contribution is 5.70. The van der Waals surface area contributed by atoms with Gasteiger partial charge in [0.25, 0.3) is 0 Å². The molecule has 3 atom stereocenters. The largest absolute Gasteiger partial charge is 0.394 e. The summed E-state index contributed by atoms with van der Waals surface area (Å²) in [7, 11) is 4.06. The third-order valence-corrected chi connectivity index (χ3v) is 4.59. The lowest BCUT2D eigenvalue weighted by atomic mass is 10.0. The van der Waals surface area contributed by atoms with Crippen LogP contribution >= 0.6 is 0 Å². The number of hydrogen-bond donors (Lipinski definition) is 2. The van der Waals surface area contributed by atoms with E-state index in [9.17, 15) is 10.2 Å². The van der Waals surface area contributed by atoms with Gasteiger partial charge < -0.3 is 19.8 Å². The van der Waals surface area contributed by atoms with Gasteiger partial charge in [-0.05, 0) is 28.8 Å². The maximum atomic E-state index is 9.84. The van der Waals surface area contributed by atoms with Crippen molar-refractivity contribution in [3.8, 4) is 0 Å². The molecule has 1 saturated heterocycles. The Hall–Kier alpha value is -2.14. The van der Waals surface area contributed by atoms with Gasteiger partial charge in [-0.25, -0.2) is 0 Å². The molecule has 1 heterocycles. The number of aliphatic hydroxyl groups is 2. The third kappa shape index (κ3) is 4.28. The van der Waals surface area contributed by atoms with Gasteiger partial charge in [0.2, 0.25) is 0 Å². The van der Waals surface area contributed by atoms with Gasteiger partial charge >= 0.3 is 0 Å². The van der Waals surface area contributed by atoms with Crippen LogP contribution in [0.3, 0.4) is 0 Å². The second kappa shape index (κ2) is 7.83. The molecule has 0 radical (unpaired) electrons. The van der Waals surface area contributed by atoms with Crippen LogP contribution in [-0.4, -0.2) is 43.1 Å². The van der Waals surface area contributed by atoms with Crippen LogP contribution in [0.25, 0.3) is 12.2 Å². The summed E-state index contributed by atoms with van der Waals surface area (Å²) in [4.78, 5) is 2.08. The minimum Gasteiger partial charge on any atom is -0.394 e. The van der Waals surface area contributed by atoms with Gasteiger partial charge in [0.1, 0.15) is 6.10 Å². The first-order valence-corrected chi connectivity index (χ1v) is 8.56. The molecular formula is C21H25NO3. The lowest BCUT2D eigenvalue weighted by Crippen LogP contribution is -2.24. The molecule has 0 aromatic heterocycles. The molecule has 0 aliphatic carbocycles. The van der Waals surface area contributed by atoms with E-state index in [1.54, 1.807) is 0 Å². The van der Waals surface area contributed by atoms with Crippen LogP contribution in [0.4, 0.5) is 5.69 Å². The SMILES string of the molecule is CN(C)c1ccc(/C=C/c2ccc([C@H]3C[C@@H](O)[C@@H](CO)O3)cc2)cc1. The van der Waals surface area contributed by atoms with Crippen LogP contribution in [0.5, 0.6) is 0 Å². The smallest absolute Gasteiger partial charge is 0.107 e. The van der Waals surface area contributed by atoms with Crippen LogP contribution < -0.4 is 4.90 Å². The summed E-state index contributed by atoms with van der Waals surface area (Å²) in [5.74, 6) is 0. The summed E-state index contributed by atoms with van der Waals surface area (Å²) in [5.41, 5.74) is 4.48. The molecule has 2 N–H and O–H groups in total. The highest BCUT2D eigenvalue weighted by atomic mass is 16.5. The fourth-order valence-corrected chi connectivity index (χ4v) is 3.01. The second-order valence-corrected chi connectivity index (χ2v) is 6.63. The predicted molar refractivity (Wildman–Crippen MR) is 101 cm³/mol. The highest BCUT2D eigenvalue weighted by Crippen LogP contribution is 2.33. The molecule has 0 saturated carbocycles. The van der Waals surface area contributed by atoms with Gasteiger partial charge in [-0.2, -0.15) is 0 Å². The predicted octanol–water partition coefficient (Wildman–Crippen LogP) is 3.11. The standard InChI is InChI=1S/C21H25NO3/c1-22(2)18-11-7-16(8-12-18)4-3-15-5-9-17(10-6-15)20-13-19(24)21(14-23)25-20/h3-12,19-21,23-24H,13-14H2,1-2H3/b4-3+/t19-,20-,21-/m1/s1. The van der Waals surface area contributed by atoms with E-state index in [-0.39, 0.29) is 12.7 Å². The fraction of sp³-hybridized carbons (Fsp3) is 0.333. The molecule has 25 heavy (non-hydrogen) atoms. The van der Waals surface area contributed by atoms with Gasteiger partial charge in [0.15, 0.2) is 0 Å². The lowest BCUT2D eigenvalue weighted by Gasteiger charge is -2.12. The van der Waals surface area contributed by atoms with E-state index < -0.39 is 12.2 Å². The van der Waals surface area contributed by atoms with Crippen molar-refractivity contribution in [1.82, 2.24) is 0 Å². The molecule has 4 heteroatoms. The summed E-state index contributed by atoms with van der Waals surface area (Å²) < 4.78 is 5.69. The van der Waals surface area contributed by atoms with E-state index in [0.717, 1.165) is 16.7 Å². The molecule has 0 bridgehead atoms. The van der Waals surface area contributed by atoms with Crippen LogP contribution in [0.1, 0.15) is 29.2 Å². The first-order valence-electron chi connectivity index (χ1n) is 8.56. The van der Waals surface area contributed by atoms with E-state index in [1.807, 2.05) is 38.4 Å². The van der Waals surface area contributed by atoms with Crippen molar-refractivity contribution < 1.29 is 14.9 Å². The lowest BCUT2D eigenvalue weighted by molar-refractivity contribution is -0.0225. The Bertz CT molecular complexity index is 707. The number of rotatable bonds is 5. The first-order chi connectivity index (χ1) is 12.1. The number of anilines is 1. The average Bonchev–Trinajstić information content (AvgIpc) is 3.01. The van der Waals surface area contributed by atoms with Gasteiger partial charge in [0.05, 0.1) is 18.8 Å². The monoisotopic (exact) mass is 339 g/mol. The summed E-state index contributed by atoms with van der Waals surface area (Å²) in [5, 5.41) is 19.0. The van der Waals surface area contributed by atoms with E-state index >= 15 is 0 Å². The van der Waals surface area contributed by atoms with Gasteiger partial charge in [-0.15, -0.1) is 0 Å². The van der Waals surface area contributed by atoms with Crippen molar-refractivity contribution in [3.63, 3.8) is 0 Å². The van der Waals surface area contributed by atoms with Gasteiger partial charge in [-0.1, -0.05) is 48.6 Å². The maximum absolute atomic E-state index is 9.84. The Morgan fingerprint density at radius 3 is 2.04 bits per heavy atom. The Labute approximate surface area is 149 Å². The summed E-state index contributed by atoms with van der Waals surface area (Å²) in [6.45, 7) is -0.148. The Morgan fingerprint density at radius 2 is 1.56 bits per heavy atom. The van der Waals surface area contributed by atoms with Crippen molar-refractivity contribution in [1.29, 1.82) is 0 Å². The van der Waals surface area contributed by atoms with Crippen molar-refractivity contribution in [3.05, 3.63) is 65.2 Å². The van der Waals surface area contributed by atoms with Crippen molar-refractivity contribution in [2.45, 2.75) is 24.7 Å². The molecule has 0 spiro atoms. The molecule has 2 aromatic rings. The molecule has 2 aromatic carbocycles. The van der Waals surface area contributed by atoms with Crippen molar-refractivity contribution >= 4 is 17.8 Å². The zero-order valence-corrected chi connectivity index (χ0v) is 14.7. The number of aliphatic hydroxyl groups excluding tert-OH is 2. The van der Waals surface area contributed by atoms with Gasteiger partial charge in [-0.3, -0.25) is 0 Å². The Morgan fingerprint density at radius 1 is 1.00 bits per heavy atom. The third-order valence-electron chi connectivity index (χ3n) is 4.59. The molecule has 1 fully saturated rings. The molecule has 1 aliphatic rings. The maximum Gasteiger partial charge on any atom is 0.107 e. The van der Waals surface area contributed by atoms with E-state index in [0.29, 0.717) is 6.42 Å². The minimum atomic E-state index is -0.597. The number of benzene rings is 2. The number of hydrogen-bond acceptors (Lipinski definition) is 4. The minimum absolute atomic E-state index is 0.148. The molecule has 132 valence electrons. The van der Waals surface area contributed by atoms with Crippen LogP contribution in [0.2, 0.25) is 0 Å². The second-order valence-electron chi connectivity index (χ2n) is 6.63. The summed E-state index contributed by atoms with van der Waals surface area (Å²) in [6, 6.07) is 16.5.